The van der Waals surface area contributed by atoms with Gasteiger partial charge in [-0.05, 0) is 31.0 Å². The van der Waals surface area contributed by atoms with Gasteiger partial charge in [-0.2, -0.15) is 4.98 Å². The Kier molecular flexibility index (Phi) is 5.86. The average Bonchev–Trinajstić information content (AvgIpc) is 2.91. The fourth-order valence-corrected chi connectivity index (χ4v) is 2.28. The highest BCUT2D eigenvalue weighted by atomic mass is 79.9. The first kappa shape index (κ1) is 17.1. The maximum Gasteiger partial charge on any atom is 0.330 e. The lowest BCUT2D eigenvalue weighted by Crippen LogP contribution is -2.33. The molecule has 8 heteroatoms. The van der Waals surface area contributed by atoms with E-state index in [0.717, 1.165) is 4.47 Å². The molecule has 1 aromatic carbocycles. The molecular formula is C15H16BrN3O4. The first-order chi connectivity index (χ1) is 11.0. The van der Waals surface area contributed by atoms with Crippen molar-refractivity contribution in [3.8, 4) is 0 Å². The largest absolute Gasteiger partial charge is 0.479 e. The molecule has 2 aromatic rings. The predicted octanol–water partition coefficient (Wildman–Crippen LogP) is 2.41. The van der Waals surface area contributed by atoms with Crippen LogP contribution in [0.1, 0.15) is 36.2 Å². The van der Waals surface area contributed by atoms with Crippen molar-refractivity contribution in [3.63, 3.8) is 0 Å². The van der Waals surface area contributed by atoms with Crippen molar-refractivity contribution >= 4 is 27.8 Å². The van der Waals surface area contributed by atoms with Gasteiger partial charge in [0, 0.05) is 17.3 Å². The number of amides is 1. The number of carbonyl (C=O) groups is 2. The highest BCUT2D eigenvalue weighted by Crippen LogP contribution is 2.17. The number of benzene rings is 1. The van der Waals surface area contributed by atoms with E-state index in [4.69, 9.17) is 4.52 Å². The minimum Gasteiger partial charge on any atom is -0.479 e. The number of aliphatic carboxylic acids is 1. The summed E-state index contributed by atoms with van der Waals surface area (Å²) in [7, 11) is 0. The van der Waals surface area contributed by atoms with Crippen LogP contribution in [0.2, 0.25) is 0 Å². The molecule has 2 N–H and O–H groups in total. The van der Waals surface area contributed by atoms with Crippen LogP contribution in [-0.4, -0.2) is 27.1 Å². The quantitative estimate of drug-likeness (QED) is 0.762. The predicted molar refractivity (Wildman–Crippen MR) is 84.6 cm³/mol. The summed E-state index contributed by atoms with van der Waals surface area (Å²) in [6, 6.07) is 5.71. The van der Waals surface area contributed by atoms with Crippen LogP contribution in [0.5, 0.6) is 0 Å². The smallest absolute Gasteiger partial charge is 0.330 e. The van der Waals surface area contributed by atoms with E-state index in [2.05, 4.69) is 31.4 Å². The first-order valence-corrected chi connectivity index (χ1v) is 7.82. The van der Waals surface area contributed by atoms with Crippen molar-refractivity contribution in [2.45, 2.75) is 32.2 Å². The fraction of sp³-hybridized carbons (Fsp3) is 0.333. The molecule has 0 radical (unpaired) electrons. The van der Waals surface area contributed by atoms with E-state index >= 15 is 0 Å². The molecule has 0 fully saturated rings. The Morgan fingerprint density at radius 3 is 2.61 bits per heavy atom. The van der Waals surface area contributed by atoms with Gasteiger partial charge in [0.1, 0.15) is 0 Å². The van der Waals surface area contributed by atoms with E-state index in [1.165, 1.54) is 0 Å². The topological polar surface area (TPSA) is 105 Å². The molecule has 1 atom stereocenters. The standard InChI is InChI=1S/C15H16BrN3O4/c1-9-17-13(23-19-9)4-2-3-12(20)18-14(15(21)22)10-5-7-11(16)8-6-10/h5-8,14H,2-4H2,1H3,(H,18,20)(H,21,22). The van der Waals surface area contributed by atoms with Gasteiger partial charge in [-0.3, -0.25) is 4.79 Å². The molecule has 0 spiro atoms. The van der Waals surface area contributed by atoms with Crippen LogP contribution >= 0.6 is 15.9 Å². The van der Waals surface area contributed by atoms with Crippen LogP contribution in [0, 0.1) is 6.92 Å². The highest BCUT2D eigenvalue weighted by Gasteiger charge is 2.21. The number of aryl methyl sites for hydroxylation is 2. The maximum atomic E-state index is 11.9. The Morgan fingerprint density at radius 1 is 1.35 bits per heavy atom. The second-order valence-electron chi connectivity index (χ2n) is 4.98. The van der Waals surface area contributed by atoms with Crippen molar-refractivity contribution in [3.05, 3.63) is 46.0 Å². The minimum absolute atomic E-state index is 0.182. The zero-order valence-electron chi connectivity index (χ0n) is 12.5. The Balaban J connectivity index is 1.88. The summed E-state index contributed by atoms with van der Waals surface area (Å²) in [5, 5.41) is 15.5. The molecule has 0 aliphatic carbocycles. The number of halogens is 1. The summed E-state index contributed by atoms with van der Waals surface area (Å²) in [5.41, 5.74) is 0.515. The van der Waals surface area contributed by atoms with E-state index in [9.17, 15) is 14.7 Å². The first-order valence-electron chi connectivity index (χ1n) is 7.02. The normalized spacial score (nSPS) is 11.9. The molecule has 0 aliphatic heterocycles. The average molecular weight is 382 g/mol. The monoisotopic (exact) mass is 381 g/mol. The summed E-state index contributed by atoms with van der Waals surface area (Å²) in [6.07, 6.45) is 1.16. The lowest BCUT2D eigenvalue weighted by molar-refractivity contribution is -0.142. The summed E-state index contributed by atoms with van der Waals surface area (Å²) >= 11 is 3.29. The van der Waals surface area contributed by atoms with E-state index < -0.39 is 12.0 Å². The fourth-order valence-electron chi connectivity index (χ4n) is 2.02. The molecule has 1 unspecified atom stereocenters. The molecule has 0 bridgehead atoms. The van der Waals surface area contributed by atoms with Gasteiger partial charge < -0.3 is 14.9 Å². The lowest BCUT2D eigenvalue weighted by Gasteiger charge is -2.15. The molecule has 0 saturated heterocycles. The van der Waals surface area contributed by atoms with Crippen LogP contribution in [0.25, 0.3) is 0 Å². The lowest BCUT2D eigenvalue weighted by atomic mass is 10.1. The van der Waals surface area contributed by atoms with E-state index in [1.54, 1.807) is 31.2 Å². The molecule has 122 valence electrons. The summed E-state index contributed by atoms with van der Waals surface area (Å²) in [4.78, 5) is 27.3. The van der Waals surface area contributed by atoms with Crippen molar-refractivity contribution in [2.24, 2.45) is 0 Å². The van der Waals surface area contributed by atoms with Crippen molar-refractivity contribution in [1.82, 2.24) is 15.5 Å². The zero-order valence-corrected chi connectivity index (χ0v) is 14.0. The number of hydrogen-bond acceptors (Lipinski definition) is 5. The molecule has 23 heavy (non-hydrogen) atoms. The number of aromatic nitrogens is 2. The number of rotatable bonds is 7. The third kappa shape index (κ3) is 5.17. The second-order valence-corrected chi connectivity index (χ2v) is 5.89. The Labute approximate surface area is 141 Å². The van der Waals surface area contributed by atoms with Gasteiger partial charge in [0.25, 0.3) is 0 Å². The van der Waals surface area contributed by atoms with Crippen LogP contribution < -0.4 is 5.32 Å². The zero-order chi connectivity index (χ0) is 16.8. The molecule has 0 aliphatic rings. The summed E-state index contributed by atoms with van der Waals surface area (Å²) in [5.74, 6) is -0.423. The minimum atomic E-state index is -1.10. The molecule has 0 saturated carbocycles. The summed E-state index contributed by atoms with van der Waals surface area (Å²) < 4.78 is 5.79. The van der Waals surface area contributed by atoms with Gasteiger partial charge in [0.2, 0.25) is 11.8 Å². The number of nitrogens with one attached hydrogen (secondary N) is 1. The maximum absolute atomic E-state index is 11.9. The summed E-state index contributed by atoms with van der Waals surface area (Å²) in [6.45, 7) is 1.72. The second kappa shape index (κ2) is 7.87. The van der Waals surface area contributed by atoms with Crippen LogP contribution in [0.15, 0.2) is 33.3 Å². The molecule has 1 aromatic heterocycles. The van der Waals surface area contributed by atoms with Crippen molar-refractivity contribution in [2.75, 3.05) is 0 Å². The third-order valence-corrected chi connectivity index (χ3v) is 3.65. The number of nitrogens with zero attached hydrogens (tertiary/aromatic N) is 2. The van der Waals surface area contributed by atoms with E-state index in [1.807, 2.05) is 0 Å². The number of hydrogen-bond donors (Lipinski definition) is 2. The van der Waals surface area contributed by atoms with Crippen molar-refractivity contribution in [1.29, 1.82) is 0 Å². The van der Waals surface area contributed by atoms with Gasteiger partial charge in [-0.25, -0.2) is 4.79 Å². The molecule has 1 amide bonds. The van der Waals surface area contributed by atoms with Gasteiger partial charge in [0.15, 0.2) is 11.9 Å². The number of carboxylic acid groups (broad SMARTS) is 1. The Hall–Kier alpha value is -2.22. The van der Waals surface area contributed by atoms with Gasteiger partial charge >= 0.3 is 5.97 Å². The van der Waals surface area contributed by atoms with Crippen molar-refractivity contribution < 1.29 is 19.2 Å². The number of carboxylic acids is 1. The number of carbonyl (C=O) groups excluding carboxylic acids is 1. The van der Waals surface area contributed by atoms with Gasteiger partial charge in [-0.15, -0.1) is 0 Å². The molecule has 2 rings (SSSR count). The van der Waals surface area contributed by atoms with Crippen LogP contribution in [-0.2, 0) is 16.0 Å². The van der Waals surface area contributed by atoms with Gasteiger partial charge in [-0.1, -0.05) is 33.2 Å². The van der Waals surface area contributed by atoms with Crippen LogP contribution in [0.4, 0.5) is 0 Å². The van der Waals surface area contributed by atoms with E-state index in [-0.39, 0.29) is 12.3 Å². The van der Waals surface area contributed by atoms with E-state index in [0.29, 0.717) is 30.1 Å². The highest BCUT2D eigenvalue weighted by molar-refractivity contribution is 9.10. The Bertz CT molecular complexity index is 684. The molecule has 1 heterocycles. The third-order valence-electron chi connectivity index (χ3n) is 3.12. The molecular weight excluding hydrogens is 366 g/mol. The molecule has 7 nitrogen and oxygen atoms in total. The SMILES string of the molecule is Cc1noc(CCCC(=O)NC(C(=O)O)c2ccc(Br)cc2)n1. The van der Waals surface area contributed by atoms with Crippen LogP contribution in [0.3, 0.4) is 0 Å². The Morgan fingerprint density at radius 2 is 2.04 bits per heavy atom. The van der Waals surface area contributed by atoms with Gasteiger partial charge in [0.05, 0.1) is 0 Å².